The Hall–Kier alpha value is -3.12. The maximum Gasteiger partial charge on any atom is 0.253 e. The number of nitrogens with zero attached hydrogens (tertiary/aromatic N) is 1. The van der Waals surface area contributed by atoms with Crippen molar-refractivity contribution in [2.24, 2.45) is 0 Å². The molecule has 0 aliphatic carbocycles. The molecule has 3 aromatic rings. The molecule has 0 fully saturated rings. The molecule has 1 unspecified atom stereocenters. The lowest BCUT2D eigenvalue weighted by Crippen LogP contribution is -2.28. The number of benzene rings is 2. The van der Waals surface area contributed by atoms with Gasteiger partial charge in [-0.1, -0.05) is 36.4 Å². The lowest BCUT2D eigenvalue weighted by atomic mass is 10.0. The molecular formula is C19H19N3O3. The summed E-state index contributed by atoms with van der Waals surface area (Å²) in [7, 11) is 1.59. The number of aliphatic hydroxyl groups is 1. The number of carbonyl (C=O) groups is 1. The van der Waals surface area contributed by atoms with E-state index in [1.54, 1.807) is 31.6 Å². The lowest BCUT2D eigenvalue weighted by molar-refractivity contribution is -0.129. The van der Waals surface area contributed by atoms with Gasteiger partial charge >= 0.3 is 0 Å². The van der Waals surface area contributed by atoms with Gasteiger partial charge in [-0.25, -0.2) is 0 Å². The monoisotopic (exact) mass is 337 g/mol. The van der Waals surface area contributed by atoms with Gasteiger partial charge in [0, 0.05) is 18.3 Å². The number of amides is 1. The van der Waals surface area contributed by atoms with Crippen LogP contribution in [0, 0.1) is 0 Å². The molecule has 128 valence electrons. The first kappa shape index (κ1) is 16.7. The Balaban J connectivity index is 1.61. The van der Waals surface area contributed by atoms with Crippen molar-refractivity contribution in [3.63, 3.8) is 0 Å². The van der Waals surface area contributed by atoms with Crippen LogP contribution in [-0.4, -0.2) is 28.3 Å². The summed E-state index contributed by atoms with van der Waals surface area (Å²) in [4.78, 5) is 12.2. The van der Waals surface area contributed by atoms with Crippen molar-refractivity contribution >= 4 is 5.91 Å². The van der Waals surface area contributed by atoms with E-state index in [0.29, 0.717) is 12.1 Å². The topological polar surface area (TPSA) is 87.2 Å². The van der Waals surface area contributed by atoms with Crippen LogP contribution in [0.15, 0.2) is 60.9 Å². The van der Waals surface area contributed by atoms with Gasteiger partial charge in [-0.15, -0.1) is 0 Å². The molecule has 3 N–H and O–H groups in total. The summed E-state index contributed by atoms with van der Waals surface area (Å²) in [6, 6.07) is 14.6. The SMILES string of the molecule is COc1cccc(CNC(=O)C(O)c2ccc(-c3cn[nH]c3)cc2)c1. The smallest absolute Gasteiger partial charge is 0.253 e. The van der Waals surface area contributed by atoms with Crippen LogP contribution < -0.4 is 10.1 Å². The highest BCUT2D eigenvalue weighted by molar-refractivity contribution is 5.82. The summed E-state index contributed by atoms with van der Waals surface area (Å²) in [5.41, 5.74) is 3.34. The molecule has 0 aliphatic rings. The van der Waals surface area contributed by atoms with E-state index in [0.717, 1.165) is 22.4 Å². The minimum Gasteiger partial charge on any atom is -0.497 e. The minimum atomic E-state index is -1.22. The molecule has 6 nitrogen and oxygen atoms in total. The van der Waals surface area contributed by atoms with Gasteiger partial charge in [0.15, 0.2) is 6.10 Å². The predicted molar refractivity (Wildman–Crippen MR) is 93.8 cm³/mol. The zero-order valence-corrected chi connectivity index (χ0v) is 13.8. The van der Waals surface area contributed by atoms with Crippen molar-refractivity contribution in [1.29, 1.82) is 0 Å². The molecule has 0 saturated heterocycles. The number of ether oxygens (including phenoxy) is 1. The Morgan fingerprint density at radius 3 is 2.72 bits per heavy atom. The fourth-order valence-corrected chi connectivity index (χ4v) is 2.49. The van der Waals surface area contributed by atoms with Crippen molar-refractivity contribution in [2.45, 2.75) is 12.6 Å². The predicted octanol–water partition coefficient (Wildman–Crippen LogP) is 2.44. The average Bonchev–Trinajstić information content (AvgIpc) is 3.20. The van der Waals surface area contributed by atoms with Gasteiger partial charge in [-0.2, -0.15) is 5.10 Å². The van der Waals surface area contributed by atoms with E-state index in [-0.39, 0.29) is 0 Å². The molecule has 0 aliphatic heterocycles. The Bertz CT molecular complexity index is 829. The van der Waals surface area contributed by atoms with Crippen LogP contribution in [0.2, 0.25) is 0 Å². The second kappa shape index (κ2) is 7.63. The van der Waals surface area contributed by atoms with Gasteiger partial charge in [0.2, 0.25) is 0 Å². The van der Waals surface area contributed by atoms with Crippen LogP contribution in [0.5, 0.6) is 5.75 Å². The van der Waals surface area contributed by atoms with Gasteiger partial charge in [-0.3, -0.25) is 9.89 Å². The van der Waals surface area contributed by atoms with E-state index >= 15 is 0 Å². The van der Waals surface area contributed by atoms with Crippen molar-refractivity contribution in [3.05, 3.63) is 72.1 Å². The third kappa shape index (κ3) is 4.05. The van der Waals surface area contributed by atoms with E-state index in [2.05, 4.69) is 15.5 Å². The van der Waals surface area contributed by atoms with Crippen molar-refractivity contribution in [3.8, 4) is 16.9 Å². The Kier molecular flexibility index (Phi) is 5.11. The first-order valence-electron chi connectivity index (χ1n) is 7.85. The molecule has 2 aromatic carbocycles. The summed E-state index contributed by atoms with van der Waals surface area (Å²) < 4.78 is 5.15. The Morgan fingerprint density at radius 2 is 2.04 bits per heavy atom. The molecular weight excluding hydrogens is 318 g/mol. The number of hydrogen-bond acceptors (Lipinski definition) is 4. The van der Waals surface area contributed by atoms with Crippen LogP contribution >= 0.6 is 0 Å². The fraction of sp³-hybridized carbons (Fsp3) is 0.158. The van der Waals surface area contributed by atoms with Crippen LogP contribution in [0.3, 0.4) is 0 Å². The van der Waals surface area contributed by atoms with Gasteiger partial charge in [0.1, 0.15) is 5.75 Å². The highest BCUT2D eigenvalue weighted by Gasteiger charge is 2.17. The minimum absolute atomic E-state index is 0.320. The first-order chi connectivity index (χ1) is 12.2. The van der Waals surface area contributed by atoms with Crippen molar-refractivity contribution in [2.75, 3.05) is 7.11 Å². The lowest BCUT2D eigenvalue weighted by Gasteiger charge is -2.12. The number of aromatic nitrogens is 2. The van der Waals surface area contributed by atoms with Crippen LogP contribution in [0.4, 0.5) is 0 Å². The molecule has 1 heterocycles. The van der Waals surface area contributed by atoms with E-state index < -0.39 is 12.0 Å². The number of carbonyl (C=O) groups excluding carboxylic acids is 1. The largest absolute Gasteiger partial charge is 0.497 e. The third-order valence-electron chi connectivity index (χ3n) is 3.91. The summed E-state index contributed by atoms with van der Waals surface area (Å²) in [5.74, 6) is 0.279. The van der Waals surface area contributed by atoms with Gasteiger partial charge < -0.3 is 15.2 Å². The molecule has 1 amide bonds. The van der Waals surface area contributed by atoms with Crippen LogP contribution in [-0.2, 0) is 11.3 Å². The Labute approximate surface area is 145 Å². The number of aliphatic hydroxyl groups excluding tert-OH is 1. The average molecular weight is 337 g/mol. The molecule has 1 aromatic heterocycles. The second-order valence-corrected chi connectivity index (χ2v) is 5.58. The number of aromatic amines is 1. The molecule has 6 heteroatoms. The van der Waals surface area contributed by atoms with E-state index in [1.165, 1.54) is 0 Å². The third-order valence-corrected chi connectivity index (χ3v) is 3.91. The normalized spacial score (nSPS) is 11.8. The number of H-pyrrole nitrogens is 1. The zero-order valence-electron chi connectivity index (χ0n) is 13.8. The quantitative estimate of drug-likeness (QED) is 0.645. The maximum absolute atomic E-state index is 12.2. The van der Waals surface area contributed by atoms with E-state index in [1.807, 2.05) is 36.4 Å². The standard InChI is InChI=1S/C19H19N3O3/c1-25-17-4-2-3-13(9-17)10-20-19(24)18(23)15-7-5-14(6-8-15)16-11-21-22-12-16/h2-9,11-12,18,23H,10H2,1H3,(H,20,24)(H,21,22). The zero-order chi connectivity index (χ0) is 17.6. The van der Waals surface area contributed by atoms with Gasteiger partial charge in [-0.05, 0) is 28.8 Å². The van der Waals surface area contributed by atoms with Crippen molar-refractivity contribution in [1.82, 2.24) is 15.5 Å². The summed E-state index contributed by atoms with van der Waals surface area (Å²) in [6.07, 6.45) is 2.28. The molecule has 3 rings (SSSR count). The summed E-state index contributed by atoms with van der Waals surface area (Å²) in [6.45, 7) is 0.320. The van der Waals surface area contributed by atoms with Crippen molar-refractivity contribution < 1.29 is 14.6 Å². The van der Waals surface area contributed by atoms with E-state index in [4.69, 9.17) is 4.74 Å². The highest BCUT2D eigenvalue weighted by Crippen LogP contribution is 2.21. The van der Waals surface area contributed by atoms with Crippen LogP contribution in [0.25, 0.3) is 11.1 Å². The number of methoxy groups -OCH3 is 1. The molecule has 0 bridgehead atoms. The second-order valence-electron chi connectivity index (χ2n) is 5.58. The van der Waals surface area contributed by atoms with E-state index in [9.17, 15) is 9.90 Å². The first-order valence-corrected chi connectivity index (χ1v) is 7.85. The summed E-state index contributed by atoms with van der Waals surface area (Å²) in [5, 5.41) is 19.6. The van der Waals surface area contributed by atoms with Gasteiger partial charge in [0.25, 0.3) is 5.91 Å². The van der Waals surface area contributed by atoms with Crippen LogP contribution in [0.1, 0.15) is 17.2 Å². The molecule has 1 atom stereocenters. The summed E-state index contributed by atoms with van der Waals surface area (Å²) >= 11 is 0. The number of hydrogen-bond donors (Lipinski definition) is 3. The molecule has 0 spiro atoms. The Morgan fingerprint density at radius 1 is 1.24 bits per heavy atom. The highest BCUT2D eigenvalue weighted by atomic mass is 16.5. The fourth-order valence-electron chi connectivity index (χ4n) is 2.49. The molecule has 0 saturated carbocycles. The molecule has 25 heavy (non-hydrogen) atoms. The number of nitrogens with one attached hydrogen (secondary N) is 2. The van der Waals surface area contributed by atoms with Gasteiger partial charge in [0.05, 0.1) is 13.3 Å². The number of rotatable bonds is 6. The maximum atomic E-state index is 12.2. The molecule has 0 radical (unpaired) electrons.